The number of halogens is 3. The molecule has 0 radical (unpaired) electrons. The minimum absolute atomic E-state index is 0.0952. The first-order valence-corrected chi connectivity index (χ1v) is 11.4. The molecule has 0 unspecified atom stereocenters. The Labute approximate surface area is 205 Å². The van der Waals surface area contributed by atoms with Gasteiger partial charge in [0.05, 0.1) is 18.2 Å². The van der Waals surface area contributed by atoms with E-state index in [1.807, 2.05) is 25.1 Å². The average molecular weight is 502 g/mol. The third-order valence-electron chi connectivity index (χ3n) is 5.43. The number of ether oxygens (including phenoxy) is 3. The number of rotatable bonds is 9. The van der Waals surface area contributed by atoms with Crippen LogP contribution in [0.15, 0.2) is 48.9 Å². The van der Waals surface area contributed by atoms with Crippen molar-refractivity contribution >= 4 is 5.91 Å². The summed E-state index contributed by atoms with van der Waals surface area (Å²) in [6, 6.07) is 8.54. The number of benzene rings is 1. The zero-order valence-electron chi connectivity index (χ0n) is 19.5. The maximum absolute atomic E-state index is 12.8. The van der Waals surface area contributed by atoms with Crippen LogP contribution in [0.3, 0.4) is 0 Å². The molecule has 36 heavy (non-hydrogen) atoms. The van der Waals surface area contributed by atoms with E-state index in [2.05, 4.69) is 25.0 Å². The Kier molecular flexibility index (Phi) is 7.99. The fraction of sp³-hybridized carbons (Fsp3) is 0.360. The lowest BCUT2D eigenvalue weighted by atomic mass is 9.94. The van der Waals surface area contributed by atoms with E-state index in [1.54, 1.807) is 12.4 Å². The van der Waals surface area contributed by atoms with Gasteiger partial charge in [0.15, 0.2) is 0 Å². The standard InChI is InChI=1S/C25H25F3N4O4/c1-2-22-29-12-17(13-30-22)19-4-3-5-21-20(19)10-18(14-36-21)32-24(33)16-6-7-23(31-11-16)35-9-8-34-15-25(26,27)28/h3-7,11-13,18H,2,8-10,14-15H2,1H3,(H,32,33)/t18-/m0/s1. The van der Waals surface area contributed by atoms with E-state index in [4.69, 9.17) is 9.47 Å². The van der Waals surface area contributed by atoms with Gasteiger partial charge in [0.1, 0.15) is 31.4 Å². The lowest BCUT2D eigenvalue weighted by molar-refractivity contribution is -0.175. The quantitative estimate of drug-likeness (QED) is 0.445. The number of hydrogen-bond donors (Lipinski definition) is 1. The highest BCUT2D eigenvalue weighted by Gasteiger charge is 2.27. The number of hydrogen-bond acceptors (Lipinski definition) is 7. The van der Waals surface area contributed by atoms with Gasteiger partial charge in [-0.2, -0.15) is 13.2 Å². The van der Waals surface area contributed by atoms with Crippen LogP contribution < -0.4 is 14.8 Å². The van der Waals surface area contributed by atoms with Crippen molar-refractivity contribution in [3.8, 4) is 22.8 Å². The van der Waals surface area contributed by atoms with E-state index >= 15 is 0 Å². The highest BCUT2D eigenvalue weighted by Crippen LogP contribution is 2.34. The Morgan fingerprint density at radius 2 is 1.92 bits per heavy atom. The van der Waals surface area contributed by atoms with Gasteiger partial charge in [0, 0.05) is 48.6 Å². The summed E-state index contributed by atoms with van der Waals surface area (Å²) in [5, 5.41) is 2.96. The number of fused-ring (bicyclic) bond motifs is 1. The Morgan fingerprint density at radius 1 is 1.11 bits per heavy atom. The Morgan fingerprint density at radius 3 is 2.61 bits per heavy atom. The van der Waals surface area contributed by atoms with Crippen LogP contribution in [0.1, 0.15) is 28.7 Å². The van der Waals surface area contributed by atoms with E-state index in [0.29, 0.717) is 18.6 Å². The van der Waals surface area contributed by atoms with Crippen molar-refractivity contribution in [2.24, 2.45) is 0 Å². The second-order valence-corrected chi connectivity index (χ2v) is 8.11. The van der Waals surface area contributed by atoms with E-state index in [-0.39, 0.29) is 31.0 Å². The third-order valence-corrected chi connectivity index (χ3v) is 5.43. The van der Waals surface area contributed by atoms with Crippen LogP contribution in [-0.4, -0.2) is 59.5 Å². The van der Waals surface area contributed by atoms with Crippen LogP contribution in [0.25, 0.3) is 11.1 Å². The molecular weight excluding hydrogens is 477 g/mol. The molecule has 8 nitrogen and oxygen atoms in total. The minimum atomic E-state index is -4.38. The molecule has 0 fully saturated rings. The smallest absolute Gasteiger partial charge is 0.411 e. The molecule has 1 amide bonds. The number of nitrogens with one attached hydrogen (secondary N) is 1. The van der Waals surface area contributed by atoms with Crippen molar-refractivity contribution in [2.45, 2.75) is 32.0 Å². The number of carbonyl (C=O) groups is 1. The summed E-state index contributed by atoms with van der Waals surface area (Å²) >= 11 is 0. The number of aromatic nitrogens is 3. The van der Waals surface area contributed by atoms with Gasteiger partial charge in [-0.1, -0.05) is 19.1 Å². The van der Waals surface area contributed by atoms with Crippen molar-refractivity contribution in [1.29, 1.82) is 0 Å². The minimum Gasteiger partial charge on any atom is -0.491 e. The molecular formula is C25H25F3N4O4. The molecule has 3 aromatic rings. The molecule has 0 aliphatic carbocycles. The summed E-state index contributed by atoms with van der Waals surface area (Å²) in [4.78, 5) is 25.6. The fourth-order valence-electron chi connectivity index (χ4n) is 3.71. The predicted molar refractivity (Wildman–Crippen MR) is 124 cm³/mol. The van der Waals surface area contributed by atoms with Crippen LogP contribution in [0.2, 0.25) is 0 Å². The number of aryl methyl sites for hydroxylation is 1. The summed E-state index contributed by atoms with van der Waals surface area (Å²) in [5.41, 5.74) is 3.12. The van der Waals surface area contributed by atoms with E-state index in [9.17, 15) is 18.0 Å². The molecule has 4 rings (SSSR count). The van der Waals surface area contributed by atoms with Crippen molar-refractivity contribution in [3.05, 3.63) is 65.9 Å². The third kappa shape index (κ3) is 6.69. The molecule has 0 bridgehead atoms. The number of nitrogens with zero attached hydrogens (tertiary/aromatic N) is 3. The molecule has 1 atom stereocenters. The molecule has 0 saturated heterocycles. The first kappa shape index (κ1) is 25.4. The number of amides is 1. The molecule has 1 N–H and O–H groups in total. The second kappa shape index (κ2) is 11.3. The second-order valence-electron chi connectivity index (χ2n) is 8.11. The number of pyridine rings is 1. The van der Waals surface area contributed by atoms with Crippen molar-refractivity contribution in [3.63, 3.8) is 0 Å². The molecule has 0 saturated carbocycles. The lowest BCUT2D eigenvalue weighted by Gasteiger charge is -2.28. The summed E-state index contributed by atoms with van der Waals surface area (Å²) in [6.45, 7) is 0.651. The molecule has 3 heterocycles. The van der Waals surface area contributed by atoms with Gasteiger partial charge in [0.2, 0.25) is 5.88 Å². The summed E-state index contributed by atoms with van der Waals surface area (Å²) in [7, 11) is 0. The molecule has 1 aromatic carbocycles. The van der Waals surface area contributed by atoms with Crippen LogP contribution in [-0.2, 0) is 17.6 Å². The molecule has 2 aromatic heterocycles. The van der Waals surface area contributed by atoms with Gasteiger partial charge < -0.3 is 19.5 Å². The largest absolute Gasteiger partial charge is 0.491 e. The van der Waals surface area contributed by atoms with Gasteiger partial charge in [-0.3, -0.25) is 4.79 Å². The highest BCUT2D eigenvalue weighted by molar-refractivity contribution is 5.94. The summed E-state index contributed by atoms with van der Waals surface area (Å²) in [5.74, 6) is 1.38. The highest BCUT2D eigenvalue weighted by atomic mass is 19.4. The molecule has 1 aliphatic heterocycles. The maximum Gasteiger partial charge on any atom is 0.411 e. The fourth-order valence-corrected chi connectivity index (χ4v) is 3.71. The van der Waals surface area contributed by atoms with E-state index in [0.717, 1.165) is 34.7 Å². The van der Waals surface area contributed by atoms with Crippen LogP contribution >= 0.6 is 0 Å². The van der Waals surface area contributed by atoms with Gasteiger partial charge in [-0.25, -0.2) is 15.0 Å². The van der Waals surface area contributed by atoms with Crippen molar-refractivity contribution < 1.29 is 32.2 Å². The lowest BCUT2D eigenvalue weighted by Crippen LogP contribution is -2.42. The molecule has 11 heteroatoms. The predicted octanol–water partition coefficient (Wildman–Crippen LogP) is 3.79. The summed E-state index contributed by atoms with van der Waals surface area (Å²) in [6.07, 6.45) is 1.87. The van der Waals surface area contributed by atoms with Crippen LogP contribution in [0.5, 0.6) is 11.6 Å². The van der Waals surface area contributed by atoms with Gasteiger partial charge >= 0.3 is 6.18 Å². The van der Waals surface area contributed by atoms with E-state index < -0.39 is 12.8 Å². The van der Waals surface area contributed by atoms with Gasteiger partial charge in [0.25, 0.3) is 5.91 Å². The molecule has 0 spiro atoms. The Bertz CT molecular complexity index is 1170. The maximum atomic E-state index is 12.8. The van der Waals surface area contributed by atoms with Crippen LogP contribution in [0.4, 0.5) is 13.2 Å². The average Bonchev–Trinajstić information content (AvgIpc) is 2.88. The zero-order valence-corrected chi connectivity index (χ0v) is 19.5. The normalized spacial score (nSPS) is 15.1. The van der Waals surface area contributed by atoms with Crippen molar-refractivity contribution in [1.82, 2.24) is 20.3 Å². The molecule has 190 valence electrons. The number of alkyl halides is 3. The first-order valence-electron chi connectivity index (χ1n) is 11.4. The Balaban J connectivity index is 1.33. The van der Waals surface area contributed by atoms with Gasteiger partial charge in [-0.05, 0) is 17.7 Å². The first-order chi connectivity index (χ1) is 17.3. The monoisotopic (exact) mass is 502 g/mol. The van der Waals surface area contributed by atoms with E-state index in [1.165, 1.54) is 18.3 Å². The Hall–Kier alpha value is -3.73. The topological polar surface area (TPSA) is 95.5 Å². The number of carbonyl (C=O) groups excluding carboxylic acids is 1. The summed E-state index contributed by atoms with van der Waals surface area (Å²) < 4.78 is 51.8. The SMILES string of the molecule is CCc1ncc(-c2cccc3c2C[C@H](NC(=O)c2ccc(OCCOCC(F)(F)F)nc2)CO3)cn1. The van der Waals surface area contributed by atoms with Crippen molar-refractivity contribution in [2.75, 3.05) is 26.4 Å². The van der Waals surface area contributed by atoms with Gasteiger partial charge in [-0.15, -0.1) is 0 Å². The zero-order chi connectivity index (χ0) is 25.5. The van der Waals surface area contributed by atoms with Crippen LogP contribution in [0, 0.1) is 0 Å². The molecule has 1 aliphatic rings.